The first-order valence-corrected chi connectivity index (χ1v) is 11.0. The van der Waals surface area contributed by atoms with Crippen LogP contribution in [0.4, 0.5) is 4.39 Å². The maximum absolute atomic E-state index is 14.6. The molecule has 5 nitrogen and oxygen atoms in total. The Kier molecular flexibility index (Phi) is 7.71. The van der Waals surface area contributed by atoms with Crippen molar-refractivity contribution in [3.63, 3.8) is 0 Å². The topological polar surface area (TPSA) is 63.1 Å². The van der Waals surface area contributed by atoms with Gasteiger partial charge in [-0.05, 0) is 57.5 Å². The second-order valence-electron chi connectivity index (χ2n) is 8.18. The van der Waals surface area contributed by atoms with Crippen molar-refractivity contribution in [1.29, 1.82) is 0 Å². The lowest BCUT2D eigenvalue weighted by atomic mass is 9.99. The molecule has 2 aromatic carbocycles. The lowest BCUT2D eigenvalue weighted by Gasteiger charge is -2.14. The first kappa shape index (κ1) is 24.3. The monoisotopic (exact) mass is 467 g/mol. The second-order valence-corrected chi connectivity index (χ2v) is 8.59. The van der Waals surface area contributed by atoms with Gasteiger partial charge in [0, 0.05) is 35.4 Å². The number of hydrogen-bond donors (Lipinski definition) is 2. The minimum Gasteiger partial charge on any atom is -0.348 e. The van der Waals surface area contributed by atoms with Gasteiger partial charge in [-0.25, -0.2) is 4.39 Å². The predicted octanol–water partition coefficient (Wildman–Crippen LogP) is 6.01. The van der Waals surface area contributed by atoms with E-state index in [1.165, 1.54) is 6.07 Å². The number of nitrogens with zero attached hydrogens (tertiary/aromatic N) is 1. The highest BCUT2D eigenvalue weighted by Gasteiger charge is 2.20. The van der Waals surface area contributed by atoms with E-state index in [2.05, 4.69) is 10.6 Å². The molecule has 0 atom stereocenters. The quantitative estimate of drug-likeness (QED) is 0.315. The highest BCUT2D eigenvalue weighted by atomic mass is 35.5. The molecule has 0 bridgehead atoms. The molecule has 3 rings (SSSR count). The van der Waals surface area contributed by atoms with Gasteiger partial charge in [-0.3, -0.25) is 9.59 Å². The van der Waals surface area contributed by atoms with E-state index < -0.39 is 0 Å². The number of carbonyl (C=O) groups is 2. The van der Waals surface area contributed by atoms with E-state index in [1.54, 1.807) is 43.5 Å². The molecule has 0 aliphatic carbocycles. The van der Waals surface area contributed by atoms with Crippen LogP contribution in [0.2, 0.25) is 5.02 Å². The largest absolute Gasteiger partial charge is 0.348 e. The third-order valence-corrected chi connectivity index (χ3v) is 5.59. The summed E-state index contributed by atoms with van der Waals surface area (Å²) in [5.41, 5.74) is 3.76. The number of halogens is 2. The average Bonchev–Trinajstić information content (AvgIpc) is 3.12. The Labute approximate surface area is 197 Å². The van der Waals surface area contributed by atoms with Crippen molar-refractivity contribution in [1.82, 2.24) is 15.2 Å². The fraction of sp³-hybridized carbons (Fsp3) is 0.231. The van der Waals surface area contributed by atoms with Crippen LogP contribution < -0.4 is 10.6 Å². The van der Waals surface area contributed by atoms with Gasteiger partial charge in [0.2, 0.25) is 6.41 Å². The lowest BCUT2D eigenvalue weighted by Crippen LogP contribution is -2.25. The lowest BCUT2D eigenvalue weighted by molar-refractivity contribution is -0.108. The molecule has 1 heterocycles. The molecule has 7 heteroatoms. The fourth-order valence-corrected chi connectivity index (χ4v) is 3.88. The highest BCUT2D eigenvalue weighted by Crippen LogP contribution is 2.36. The van der Waals surface area contributed by atoms with Gasteiger partial charge in [0.15, 0.2) is 0 Å². The predicted molar refractivity (Wildman–Crippen MR) is 132 cm³/mol. The van der Waals surface area contributed by atoms with E-state index in [-0.39, 0.29) is 17.8 Å². The van der Waals surface area contributed by atoms with E-state index >= 15 is 0 Å². The molecular formula is C26H27ClFN3O2. The molecule has 1 aromatic heterocycles. The van der Waals surface area contributed by atoms with Crippen LogP contribution in [0.15, 0.2) is 66.0 Å². The zero-order valence-corrected chi connectivity index (χ0v) is 19.8. The van der Waals surface area contributed by atoms with Crippen LogP contribution in [0.1, 0.15) is 44.1 Å². The average molecular weight is 468 g/mol. The first-order valence-electron chi connectivity index (χ1n) is 10.6. The van der Waals surface area contributed by atoms with Crippen LogP contribution in [0, 0.1) is 5.82 Å². The standard InChI is InChI=1S/C26H27ClFN3O2/c1-16(2)31-14-22(27)25-21(26(33)29-13-17(3)9-10-18(4)30-15-32)11-19(12-24(25)31)20-7-5-6-8-23(20)28/h5-12,14-16H,13H2,1-4H3,(H,29,33)(H,30,32)/b17-9+,18-10-. The van der Waals surface area contributed by atoms with Gasteiger partial charge >= 0.3 is 0 Å². The van der Waals surface area contributed by atoms with Crippen LogP contribution in [0.25, 0.3) is 22.0 Å². The Hall–Kier alpha value is -3.38. The van der Waals surface area contributed by atoms with Crippen LogP contribution in [0.5, 0.6) is 0 Å². The molecule has 0 aliphatic rings. The Morgan fingerprint density at radius 3 is 2.58 bits per heavy atom. The van der Waals surface area contributed by atoms with E-state index in [1.807, 2.05) is 37.5 Å². The van der Waals surface area contributed by atoms with Gasteiger partial charge < -0.3 is 15.2 Å². The summed E-state index contributed by atoms with van der Waals surface area (Å²) in [7, 11) is 0. The van der Waals surface area contributed by atoms with Crippen molar-refractivity contribution in [3.8, 4) is 11.1 Å². The molecule has 0 saturated heterocycles. The van der Waals surface area contributed by atoms with Crippen LogP contribution >= 0.6 is 11.6 Å². The second kappa shape index (κ2) is 10.5. The summed E-state index contributed by atoms with van der Waals surface area (Å²) < 4.78 is 16.5. The maximum atomic E-state index is 14.6. The number of hydrogen-bond acceptors (Lipinski definition) is 2. The van der Waals surface area contributed by atoms with Gasteiger partial charge in [0.1, 0.15) is 5.82 Å². The Morgan fingerprint density at radius 2 is 1.91 bits per heavy atom. The maximum Gasteiger partial charge on any atom is 0.252 e. The third-order valence-electron chi connectivity index (χ3n) is 5.31. The van der Waals surface area contributed by atoms with Crippen LogP contribution in [-0.2, 0) is 4.79 Å². The van der Waals surface area contributed by atoms with Gasteiger partial charge in [-0.15, -0.1) is 0 Å². The minimum absolute atomic E-state index is 0.104. The Bertz CT molecular complexity index is 1260. The number of nitrogens with one attached hydrogen (secondary N) is 2. The number of allylic oxidation sites excluding steroid dienone is 3. The van der Waals surface area contributed by atoms with E-state index in [9.17, 15) is 14.0 Å². The molecule has 3 aromatic rings. The van der Waals surface area contributed by atoms with Crippen molar-refractivity contribution in [2.75, 3.05) is 6.54 Å². The van der Waals surface area contributed by atoms with Crippen LogP contribution in [-0.4, -0.2) is 23.4 Å². The molecule has 2 N–H and O–H groups in total. The minimum atomic E-state index is -0.359. The fourth-order valence-electron chi connectivity index (χ4n) is 3.58. The number of aromatic nitrogens is 1. The Balaban J connectivity index is 2.03. The zero-order chi connectivity index (χ0) is 24.1. The molecule has 172 valence electrons. The molecule has 33 heavy (non-hydrogen) atoms. The van der Waals surface area contributed by atoms with E-state index in [4.69, 9.17) is 11.6 Å². The van der Waals surface area contributed by atoms with Crippen molar-refractivity contribution < 1.29 is 14.0 Å². The highest BCUT2D eigenvalue weighted by molar-refractivity contribution is 6.37. The van der Waals surface area contributed by atoms with Crippen LogP contribution in [0.3, 0.4) is 0 Å². The smallest absolute Gasteiger partial charge is 0.252 e. The number of fused-ring (bicyclic) bond motifs is 1. The van der Waals surface area contributed by atoms with Gasteiger partial charge in [0.05, 0.1) is 16.1 Å². The summed E-state index contributed by atoms with van der Waals surface area (Å²) in [6, 6.07) is 10.1. The van der Waals surface area contributed by atoms with Gasteiger partial charge in [0.25, 0.3) is 5.91 Å². The summed E-state index contributed by atoms with van der Waals surface area (Å²) in [5, 5.41) is 6.58. The van der Waals surface area contributed by atoms with E-state index in [0.717, 1.165) is 11.1 Å². The molecule has 0 fully saturated rings. The van der Waals surface area contributed by atoms with Gasteiger partial charge in [-0.2, -0.15) is 0 Å². The molecule has 0 radical (unpaired) electrons. The molecular weight excluding hydrogens is 441 g/mol. The number of benzene rings is 2. The van der Waals surface area contributed by atoms with Crippen molar-refractivity contribution in [2.24, 2.45) is 0 Å². The summed E-state index contributed by atoms with van der Waals surface area (Å²) in [4.78, 5) is 23.7. The molecule has 0 unspecified atom stereocenters. The molecule has 0 saturated carbocycles. The van der Waals surface area contributed by atoms with Crippen molar-refractivity contribution in [2.45, 2.75) is 33.7 Å². The molecule has 0 spiro atoms. The third kappa shape index (κ3) is 5.52. The Morgan fingerprint density at radius 1 is 1.18 bits per heavy atom. The molecule has 2 amide bonds. The van der Waals surface area contributed by atoms with Crippen molar-refractivity contribution in [3.05, 3.63) is 82.4 Å². The summed E-state index contributed by atoms with van der Waals surface area (Å²) in [6.45, 7) is 7.99. The normalized spacial score (nSPS) is 12.3. The van der Waals surface area contributed by atoms with Crippen molar-refractivity contribution >= 4 is 34.8 Å². The zero-order valence-electron chi connectivity index (χ0n) is 19.1. The SMILES string of the molecule is C/C(=C/C=C(\C)CNC(=O)c1cc(-c2ccccc2F)cc2c1c(Cl)cn2C(C)C)NC=O. The summed E-state index contributed by atoms with van der Waals surface area (Å²) in [5.74, 6) is -0.664. The number of amides is 2. The number of carbonyl (C=O) groups excluding carboxylic acids is 2. The number of rotatable bonds is 8. The summed E-state index contributed by atoms with van der Waals surface area (Å²) in [6.07, 6.45) is 5.99. The van der Waals surface area contributed by atoms with E-state index in [0.29, 0.717) is 45.8 Å². The molecule has 0 aliphatic heterocycles. The van der Waals surface area contributed by atoms with Gasteiger partial charge in [-0.1, -0.05) is 41.4 Å². The summed E-state index contributed by atoms with van der Waals surface area (Å²) >= 11 is 6.55. The first-order chi connectivity index (χ1) is 15.7.